The number of hydrogen-bond acceptors (Lipinski definition) is 4. The minimum Gasteiger partial charge on any atom is -0.376 e. The highest BCUT2D eigenvalue weighted by Crippen LogP contribution is 2.24. The number of rotatable bonds is 5. The van der Waals surface area contributed by atoms with Crippen molar-refractivity contribution in [2.45, 2.75) is 36.1 Å². The van der Waals surface area contributed by atoms with E-state index in [-0.39, 0.29) is 6.10 Å². The third kappa shape index (κ3) is 3.97. The van der Waals surface area contributed by atoms with Crippen LogP contribution in [0.4, 0.5) is 0 Å². The maximum Gasteiger partial charge on any atom is 0.195 e. The fourth-order valence-electron chi connectivity index (χ4n) is 2.32. The first-order valence-corrected chi connectivity index (χ1v) is 9.05. The monoisotopic (exact) mass is 385 g/mol. The lowest BCUT2D eigenvalue weighted by atomic mass is 10.2. The number of thioether (sulfide) groups is 1. The molecule has 1 aromatic carbocycles. The van der Waals surface area contributed by atoms with Crippen molar-refractivity contribution in [3.63, 3.8) is 0 Å². The van der Waals surface area contributed by atoms with E-state index in [1.807, 2.05) is 12.1 Å². The van der Waals surface area contributed by atoms with E-state index in [0.29, 0.717) is 4.77 Å². The van der Waals surface area contributed by atoms with Gasteiger partial charge in [-0.1, -0.05) is 15.9 Å². The van der Waals surface area contributed by atoms with Gasteiger partial charge in [-0.3, -0.25) is 5.10 Å². The third-order valence-corrected chi connectivity index (χ3v) is 5.28. The van der Waals surface area contributed by atoms with E-state index in [0.717, 1.165) is 42.0 Å². The van der Waals surface area contributed by atoms with E-state index in [1.165, 1.54) is 4.90 Å². The molecule has 1 aliphatic heterocycles. The number of aromatic nitrogens is 3. The van der Waals surface area contributed by atoms with Crippen LogP contribution in [0.2, 0.25) is 0 Å². The molecule has 112 valence electrons. The molecule has 0 saturated carbocycles. The SMILES string of the molecule is S=c1[nH]nc(CSc2ccc(Br)cc2)n1C[C@@H]1CCCO1. The molecule has 3 rings (SSSR count). The minimum atomic E-state index is 0.269. The number of aromatic amines is 1. The first-order chi connectivity index (χ1) is 10.2. The Morgan fingerprint density at radius 3 is 2.95 bits per heavy atom. The smallest absolute Gasteiger partial charge is 0.195 e. The number of H-pyrrole nitrogens is 1. The maximum atomic E-state index is 5.69. The number of nitrogens with zero attached hydrogens (tertiary/aromatic N) is 2. The highest BCUT2D eigenvalue weighted by Gasteiger charge is 2.18. The van der Waals surface area contributed by atoms with Crippen molar-refractivity contribution in [1.29, 1.82) is 0 Å². The highest BCUT2D eigenvalue weighted by atomic mass is 79.9. The van der Waals surface area contributed by atoms with Crippen LogP contribution in [0.25, 0.3) is 0 Å². The lowest BCUT2D eigenvalue weighted by Gasteiger charge is -2.12. The number of benzene rings is 1. The van der Waals surface area contributed by atoms with Crippen LogP contribution in [0.1, 0.15) is 18.7 Å². The molecule has 1 saturated heterocycles. The van der Waals surface area contributed by atoms with Crippen LogP contribution in [0.3, 0.4) is 0 Å². The zero-order chi connectivity index (χ0) is 14.7. The zero-order valence-electron chi connectivity index (χ0n) is 11.4. The van der Waals surface area contributed by atoms with Crippen LogP contribution in [0, 0.1) is 4.77 Å². The van der Waals surface area contributed by atoms with E-state index in [1.54, 1.807) is 11.8 Å². The summed E-state index contributed by atoms with van der Waals surface area (Å²) in [5.74, 6) is 1.77. The molecule has 1 N–H and O–H groups in total. The molecule has 1 atom stereocenters. The molecule has 7 heteroatoms. The van der Waals surface area contributed by atoms with Crippen molar-refractivity contribution in [3.8, 4) is 0 Å². The van der Waals surface area contributed by atoms with Gasteiger partial charge in [0.1, 0.15) is 5.82 Å². The van der Waals surface area contributed by atoms with Crippen molar-refractivity contribution in [3.05, 3.63) is 39.3 Å². The Hall–Kier alpha value is -0.630. The lowest BCUT2D eigenvalue weighted by Crippen LogP contribution is -2.16. The highest BCUT2D eigenvalue weighted by molar-refractivity contribution is 9.10. The van der Waals surface area contributed by atoms with Crippen LogP contribution in [0.5, 0.6) is 0 Å². The van der Waals surface area contributed by atoms with E-state index < -0.39 is 0 Å². The van der Waals surface area contributed by atoms with Gasteiger partial charge in [0.25, 0.3) is 0 Å². The van der Waals surface area contributed by atoms with Gasteiger partial charge in [-0.25, -0.2) is 0 Å². The van der Waals surface area contributed by atoms with Gasteiger partial charge in [0.15, 0.2) is 4.77 Å². The van der Waals surface area contributed by atoms with Gasteiger partial charge >= 0.3 is 0 Å². The molecule has 1 aliphatic rings. The van der Waals surface area contributed by atoms with Gasteiger partial charge in [0.05, 0.1) is 18.4 Å². The summed E-state index contributed by atoms with van der Waals surface area (Å²) in [5.41, 5.74) is 0. The van der Waals surface area contributed by atoms with E-state index in [2.05, 4.69) is 42.8 Å². The summed E-state index contributed by atoms with van der Waals surface area (Å²) in [6.07, 6.45) is 2.51. The van der Waals surface area contributed by atoms with Crippen LogP contribution in [0.15, 0.2) is 33.6 Å². The fraction of sp³-hybridized carbons (Fsp3) is 0.429. The average molecular weight is 386 g/mol. The zero-order valence-corrected chi connectivity index (χ0v) is 14.6. The molecule has 2 heterocycles. The summed E-state index contributed by atoms with van der Waals surface area (Å²) < 4.78 is 9.53. The summed E-state index contributed by atoms with van der Waals surface area (Å²) in [5, 5.41) is 7.25. The quantitative estimate of drug-likeness (QED) is 0.619. The molecule has 0 unspecified atom stereocenters. The van der Waals surface area contributed by atoms with Crippen LogP contribution < -0.4 is 0 Å². The summed E-state index contributed by atoms with van der Waals surface area (Å²) >= 11 is 10.5. The van der Waals surface area contributed by atoms with E-state index in [9.17, 15) is 0 Å². The first kappa shape index (κ1) is 15.3. The standard InChI is InChI=1S/C14H16BrN3OS2/c15-10-3-5-12(6-4-10)21-9-13-16-17-14(20)18(13)8-11-2-1-7-19-11/h3-6,11H,1-2,7-9H2,(H,17,20)/t11-/m0/s1. The van der Waals surface area contributed by atoms with Crippen molar-refractivity contribution in [2.24, 2.45) is 0 Å². The van der Waals surface area contributed by atoms with Crippen LogP contribution in [-0.4, -0.2) is 27.5 Å². The van der Waals surface area contributed by atoms with E-state index in [4.69, 9.17) is 17.0 Å². The number of ether oxygens (including phenoxy) is 1. The van der Waals surface area contributed by atoms with E-state index >= 15 is 0 Å². The van der Waals surface area contributed by atoms with Crippen molar-refractivity contribution >= 4 is 39.9 Å². The second-order valence-corrected chi connectivity index (χ2v) is 7.28. The normalized spacial score (nSPS) is 18.2. The maximum absolute atomic E-state index is 5.69. The molecule has 0 aliphatic carbocycles. The molecule has 0 amide bonds. The Morgan fingerprint density at radius 1 is 1.43 bits per heavy atom. The fourth-order valence-corrected chi connectivity index (χ4v) is 3.65. The average Bonchev–Trinajstić information content (AvgIpc) is 3.11. The molecule has 21 heavy (non-hydrogen) atoms. The largest absolute Gasteiger partial charge is 0.376 e. The molecule has 1 fully saturated rings. The Balaban J connectivity index is 1.67. The summed E-state index contributed by atoms with van der Waals surface area (Å²) in [7, 11) is 0. The Bertz CT molecular complexity index is 647. The van der Waals surface area contributed by atoms with Gasteiger partial charge in [-0.05, 0) is 49.3 Å². The predicted molar refractivity (Wildman–Crippen MR) is 90.1 cm³/mol. The van der Waals surface area contributed by atoms with Gasteiger partial charge < -0.3 is 9.30 Å². The molecular formula is C14H16BrN3OS2. The number of hydrogen-bond donors (Lipinski definition) is 1. The second-order valence-electron chi connectivity index (χ2n) is 4.93. The predicted octanol–water partition coefficient (Wildman–Crippen LogP) is 4.17. The van der Waals surface area contributed by atoms with Crippen LogP contribution >= 0.6 is 39.9 Å². The van der Waals surface area contributed by atoms with Gasteiger partial charge in [-0.2, -0.15) is 5.10 Å². The third-order valence-electron chi connectivity index (χ3n) is 3.43. The Labute approximate surface area is 141 Å². The molecular weight excluding hydrogens is 370 g/mol. The van der Waals surface area contributed by atoms with Crippen molar-refractivity contribution < 1.29 is 4.74 Å². The van der Waals surface area contributed by atoms with Crippen LogP contribution in [-0.2, 0) is 17.0 Å². The summed E-state index contributed by atoms with van der Waals surface area (Å²) in [6.45, 7) is 1.66. The Morgan fingerprint density at radius 2 is 2.24 bits per heavy atom. The molecule has 0 radical (unpaired) electrons. The molecule has 0 bridgehead atoms. The minimum absolute atomic E-state index is 0.269. The number of halogens is 1. The first-order valence-electron chi connectivity index (χ1n) is 6.86. The van der Waals surface area contributed by atoms with Crippen molar-refractivity contribution in [2.75, 3.05) is 6.61 Å². The second kappa shape index (κ2) is 7.09. The van der Waals surface area contributed by atoms with Gasteiger partial charge in [0.2, 0.25) is 0 Å². The van der Waals surface area contributed by atoms with Gasteiger partial charge in [0, 0.05) is 16.0 Å². The summed E-state index contributed by atoms with van der Waals surface area (Å²) in [4.78, 5) is 1.22. The number of nitrogens with one attached hydrogen (secondary N) is 1. The topological polar surface area (TPSA) is 42.8 Å². The summed E-state index contributed by atoms with van der Waals surface area (Å²) in [6, 6.07) is 8.29. The Kier molecular flexibility index (Phi) is 5.15. The molecule has 4 nitrogen and oxygen atoms in total. The molecule has 2 aromatic rings. The van der Waals surface area contributed by atoms with Gasteiger partial charge in [-0.15, -0.1) is 11.8 Å². The molecule has 0 spiro atoms. The lowest BCUT2D eigenvalue weighted by molar-refractivity contribution is 0.0960. The van der Waals surface area contributed by atoms with Crippen molar-refractivity contribution in [1.82, 2.24) is 14.8 Å². The molecule has 1 aromatic heterocycles.